The summed E-state index contributed by atoms with van der Waals surface area (Å²) in [6.07, 6.45) is 2.42. The van der Waals surface area contributed by atoms with Gasteiger partial charge in [-0.25, -0.2) is 4.98 Å². The van der Waals surface area contributed by atoms with Crippen LogP contribution in [-0.2, 0) is 13.1 Å². The first-order valence-electron chi connectivity index (χ1n) is 9.04. The zero-order chi connectivity index (χ0) is 16.1. The number of fused-ring (bicyclic) bond motifs is 1. The first-order valence-corrected chi connectivity index (χ1v) is 9.04. The molecule has 0 bridgehead atoms. The molecule has 5 heteroatoms. The third-order valence-electron chi connectivity index (χ3n) is 5.01. The van der Waals surface area contributed by atoms with Crippen molar-refractivity contribution in [1.29, 1.82) is 0 Å². The Morgan fingerprint density at radius 3 is 2.61 bits per heavy atom. The van der Waals surface area contributed by atoms with Crippen molar-refractivity contribution in [3.63, 3.8) is 0 Å². The molecule has 1 aliphatic heterocycles. The van der Waals surface area contributed by atoms with E-state index in [1.54, 1.807) is 4.90 Å². The molecule has 0 atom stereocenters. The Morgan fingerprint density at radius 2 is 1.87 bits per heavy atom. The summed E-state index contributed by atoms with van der Waals surface area (Å²) in [4.78, 5) is 8.07. The Labute approximate surface area is 138 Å². The smallest absolute Gasteiger partial charge is 0.165 e. The fourth-order valence-corrected chi connectivity index (χ4v) is 3.59. The molecule has 0 aliphatic carbocycles. The molecule has 1 aliphatic rings. The van der Waals surface area contributed by atoms with E-state index in [1.165, 1.54) is 42.2 Å². The van der Waals surface area contributed by atoms with Crippen molar-refractivity contribution < 1.29 is 14.9 Å². The maximum Gasteiger partial charge on any atom is 0.165 e. The fourth-order valence-electron chi connectivity index (χ4n) is 3.59. The third kappa shape index (κ3) is 3.91. The molecule has 3 rings (SSSR count). The first kappa shape index (κ1) is 16.4. The van der Waals surface area contributed by atoms with Gasteiger partial charge in [-0.3, -0.25) is 0 Å². The monoisotopic (exact) mass is 318 g/mol. The van der Waals surface area contributed by atoms with Crippen molar-refractivity contribution >= 4 is 11.0 Å². The number of unbranched alkanes of at least 4 members (excludes halogenated alkanes) is 1. The number of nitrogens with one attached hydrogen (secondary N) is 2. The number of benzene rings is 1. The second-order valence-corrected chi connectivity index (χ2v) is 6.67. The highest BCUT2D eigenvalue weighted by atomic mass is 16.3. The number of piperazine rings is 1. The van der Waals surface area contributed by atoms with Gasteiger partial charge in [0, 0.05) is 6.54 Å². The van der Waals surface area contributed by atoms with E-state index in [9.17, 15) is 0 Å². The number of nitrogens with zero attached hydrogens (tertiary/aromatic N) is 2. The van der Waals surface area contributed by atoms with Crippen LogP contribution in [0.2, 0.25) is 0 Å². The number of aromatic nitrogens is 2. The molecule has 2 aromatic rings. The Balaban J connectivity index is 1.72. The van der Waals surface area contributed by atoms with Crippen molar-refractivity contribution in [1.82, 2.24) is 9.55 Å². The van der Waals surface area contributed by atoms with E-state index in [0.29, 0.717) is 6.61 Å². The highest BCUT2D eigenvalue weighted by molar-refractivity contribution is 5.75. The van der Waals surface area contributed by atoms with E-state index in [-0.39, 0.29) is 0 Å². The van der Waals surface area contributed by atoms with Gasteiger partial charge in [0.1, 0.15) is 39.3 Å². The lowest BCUT2D eigenvalue weighted by atomic mass is 10.3. The summed E-state index contributed by atoms with van der Waals surface area (Å²) in [5.74, 6) is 1.24. The van der Waals surface area contributed by atoms with Crippen LogP contribution in [0, 0.1) is 0 Å². The number of aliphatic hydroxyl groups is 1. The van der Waals surface area contributed by atoms with E-state index in [1.807, 2.05) is 0 Å². The first-order chi connectivity index (χ1) is 11.3. The molecule has 1 fully saturated rings. The van der Waals surface area contributed by atoms with Gasteiger partial charge >= 0.3 is 0 Å². The van der Waals surface area contributed by atoms with E-state index in [2.05, 4.69) is 35.8 Å². The molecule has 0 amide bonds. The fraction of sp³-hybridized carbons (Fsp3) is 0.611. The summed E-state index contributed by atoms with van der Waals surface area (Å²) in [6, 6.07) is 8.51. The summed E-state index contributed by atoms with van der Waals surface area (Å²) in [5, 5.41) is 9.08. The second kappa shape index (κ2) is 7.90. The van der Waals surface area contributed by atoms with Gasteiger partial charge in [-0.1, -0.05) is 25.5 Å². The average Bonchev–Trinajstić information content (AvgIpc) is 2.92. The predicted molar refractivity (Wildman–Crippen MR) is 91.7 cm³/mol. The van der Waals surface area contributed by atoms with Crippen LogP contribution in [0.25, 0.3) is 11.0 Å². The largest absolute Gasteiger partial charge is 0.391 e. The standard InChI is InChI=1S/C18H28N4O/c1-2-3-8-22-17-7-5-4-6-16(17)19-18(22)15-21-11-9-20(10-12-21)13-14-23/h4-7,23H,2-3,8-15H2,1H3/p+2. The van der Waals surface area contributed by atoms with E-state index < -0.39 is 0 Å². The van der Waals surface area contributed by atoms with Crippen molar-refractivity contribution in [2.45, 2.75) is 32.9 Å². The summed E-state index contributed by atoms with van der Waals surface area (Å²) < 4.78 is 2.43. The highest BCUT2D eigenvalue weighted by Crippen LogP contribution is 2.16. The minimum Gasteiger partial charge on any atom is -0.391 e. The number of rotatable bonds is 7. The topological polar surface area (TPSA) is 46.9 Å². The molecule has 1 aromatic heterocycles. The number of hydrogen-bond acceptors (Lipinski definition) is 2. The maximum absolute atomic E-state index is 9.08. The molecule has 5 nitrogen and oxygen atoms in total. The summed E-state index contributed by atoms with van der Waals surface area (Å²) in [6.45, 7) is 10.2. The van der Waals surface area contributed by atoms with Crippen LogP contribution in [-0.4, -0.2) is 54.0 Å². The van der Waals surface area contributed by atoms with Crippen LogP contribution in [0.4, 0.5) is 0 Å². The molecule has 126 valence electrons. The lowest BCUT2D eigenvalue weighted by Gasteiger charge is -2.29. The highest BCUT2D eigenvalue weighted by Gasteiger charge is 2.24. The minimum atomic E-state index is 0.303. The second-order valence-electron chi connectivity index (χ2n) is 6.67. The molecular formula is C18H30N4O+2. The van der Waals surface area contributed by atoms with E-state index in [4.69, 9.17) is 10.1 Å². The van der Waals surface area contributed by atoms with Crippen LogP contribution in [0.5, 0.6) is 0 Å². The molecule has 2 heterocycles. The predicted octanol–water partition coefficient (Wildman–Crippen LogP) is -0.888. The number of para-hydroxylation sites is 2. The quantitative estimate of drug-likeness (QED) is 0.620. The average molecular weight is 318 g/mol. The number of hydrogen-bond donors (Lipinski definition) is 3. The lowest BCUT2D eigenvalue weighted by Crippen LogP contribution is -3.27. The molecular weight excluding hydrogens is 288 g/mol. The van der Waals surface area contributed by atoms with Crippen LogP contribution in [0.3, 0.4) is 0 Å². The Bertz CT molecular complexity index is 617. The SMILES string of the molecule is CCCCn1c(C[NH+]2CC[NH+](CCO)CC2)nc2ccccc21. The van der Waals surface area contributed by atoms with Crippen molar-refractivity contribution in [2.75, 3.05) is 39.3 Å². The normalized spacial score (nSPS) is 21.8. The van der Waals surface area contributed by atoms with Gasteiger partial charge in [0.2, 0.25) is 0 Å². The molecule has 3 N–H and O–H groups in total. The molecule has 23 heavy (non-hydrogen) atoms. The third-order valence-corrected chi connectivity index (χ3v) is 5.01. The maximum atomic E-state index is 9.08. The van der Waals surface area contributed by atoms with Crippen LogP contribution < -0.4 is 9.80 Å². The number of aliphatic hydroxyl groups excluding tert-OH is 1. The molecule has 0 unspecified atom stereocenters. The van der Waals surface area contributed by atoms with Gasteiger partial charge in [0.25, 0.3) is 0 Å². The molecule has 0 spiro atoms. The summed E-state index contributed by atoms with van der Waals surface area (Å²) >= 11 is 0. The van der Waals surface area contributed by atoms with Gasteiger partial charge in [0.15, 0.2) is 5.82 Å². The number of quaternary nitrogens is 2. The van der Waals surface area contributed by atoms with E-state index >= 15 is 0 Å². The van der Waals surface area contributed by atoms with E-state index in [0.717, 1.165) is 38.2 Å². The van der Waals surface area contributed by atoms with Crippen molar-refractivity contribution in [3.05, 3.63) is 30.1 Å². The van der Waals surface area contributed by atoms with Crippen LogP contribution >= 0.6 is 0 Å². The van der Waals surface area contributed by atoms with Gasteiger partial charge in [0.05, 0.1) is 17.6 Å². The summed E-state index contributed by atoms with van der Waals surface area (Å²) in [7, 11) is 0. The molecule has 1 saturated heterocycles. The Hall–Kier alpha value is -1.43. The van der Waals surface area contributed by atoms with Crippen LogP contribution in [0.1, 0.15) is 25.6 Å². The zero-order valence-corrected chi connectivity index (χ0v) is 14.2. The number of aryl methyl sites for hydroxylation is 1. The van der Waals surface area contributed by atoms with Gasteiger partial charge in [-0.2, -0.15) is 0 Å². The van der Waals surface area contributed by atoms with Crippen molar-refractivity contribution in [3.8, 4) is 0 Å². The number of imidazole rings is 1. The molecule has 0 radical (unpaired) electrons. The Kier molecular flexibility index (Phi) is 5.65. The van der Waals surface area contributed by atoms with Gasteiger partial charge in [-0.05, 0) is 18.6 Å². The van der Waals surface area contributed by atoms with Gasteiger partial charge in [-0.15, -0.1) is 0 Å². The molecule has 1 aromatic carbocycles. The zero-order valence-electron chi connectivity index (χ0n) is 14.2. The molecule has 0 saturated carbocycles. The lowest BCUT2D eigenvalue weighted by molar-refractivity contribution is -1.02. The van der Waals surface area contributed by atoms with Gasteiger partial charge < -0.3 is 19.5 Å². The minimum absolute atomic E-state index is 0.303. The van der Waals surface area contributed by atoms with Crippen molar-refractivity contribution in [2.24, 2.45) is 0 Å². The summed E-state index contributed by atoms with van der Waals surface area (Å²) in [5.41, 5.74) is 2.41. The Morgan fingerprint density at radius 1 is 1.13 bits per heavy atom. The van der Waals surface area contributed by atoms with Crippen LogP contribution in [0.15, 0.2) is 24.3 Å².